The molecule has 0 aliphatic carbocycles. The Balaban J connectivity index is 1.48. The highest BCUT2D eigenvalue weighted by atomic mass is 31.2. The van der Waals surface area contributed by atoms with Crippen molar-refractivity contribution in [1.29, 1.82) is 0 Å². The number of rotatable bonds is 15. The average molecular weight is 732 g/mol. The highest BCUT2D eigenvalue weighted by Gasteiger charge is 2.47. The topological polar surface area (TPSA) is 140 Å². The number of amides is 4. The van der Waals surface area contributed by atoms with Crippen LogP contribution in [-0.4, -0.2) is 87.5 Å². The maximum absolute atomic E-state index is 15.3. The van der Waals surface area contributed by atoms with Gasteiger partial charge in [0.1, 0.15) is 12.4 Å². The third-order valence-corrected chi connectivity index (χ3v) is 11.3. The summed E-state index contributed by atoms with van der Waals surface area (Å²) < 4.78 is 33.4. The Morgan fingerprint density at radius 2 is 1.04 bits per heavy atom. The van der Waals surface area contributed by atoms with Crippen molar-refractivity contribution < 1.29 is 42.3 Å². The van der Waals surface area contributed by atoms with Gasteiger partial charge in [-0.15, -0.1) is 0 Å². The molecule has 52 heavy (non-hydrogen) atoms. The Kier molecular flexibility index (Phi) is 11.6. The van der Waals surface area contributed by atoms with E-state index in [2.05, 4.69) is 0 Å². The molecule has 5 rings (SSSR count). The van der Waals surface area contributed by atoms with Crippen LogP contribution in [0.15, 0.2) is 78.9 Å². The van der Waals surface area contributed by atoms with Crippen molar-refractivity contribution in [1.82, 2.24) is 14.7 Å². The van der Waals surface area contributed by atoms with Crippen LogP contribution in [0.1, 0.15) is 101 Å². The van der Waals surface area contributed by atoms with E-state index in [1.54, 1.807) is 95.0 Å². The predicted octanol–water partition coefficient (Wildman–Crippen LogP) is 6.55. The Bertz CT molecular complexity index is 1710. The summed E-state index contributed by atoms with van der Waals surface area (Å²) in [5.41, 5.74) is -0.0243. The van der Waals surface area contributed by atoms with Gasteiger partial charge >= 0.3 is 13.6 Å². The second-order valence-electron chi connectivity index (χ2n) is 14.8. The van der Waals surface area contributed by atoms with Crippen LogP contribution >= 0.6 is 7.60 Å². The van der Waals surface area contributed by atoms with E-state index in [0.717, 1.165) is 15.4 Å². The van der Waals surface area contributed by atoms with Crippen LogP contribution < -0.4 is 0 Å². The van der Waals surface area contributed by atoms with Crippen LogP contribution in [0.4, 0.5) is 0 Å². The third kappa shape index (κ3) is 9.11. The third-order valence-electron chi connectivity index (χ3n) is 8.42. The second kappa shape index (κ2) is 15.6. The summed E-state index contributed by atoms with van der Waals surface area (Å²) in [6.45, 7) is 10.1. The van der Waals surface area contributed by atoms with Gasteiger partial charge in [-0.1, -0.05) is 54.6 Å². The minimum Gasteiger partial charge on any atom is -0.461 e. The first-order valence-corrected chi connectivity index (χ1v) is 18.9. The molecule has 2 heterocycles. The van der Waals surface area contributed by atoms with Crippen LogP contribution in [0.3, 0.4) is 0 Å². The van der Waals surface area contributed by atoms with Gasteiger partial charge in [0.25, 0.3) is 23.6 Å². The van der Waals surface area contributed by atoms with Gasteiger partial charge in [-0.3, -0.25) is 43.2 Å². The van der Waals surface area contributed by atoms with Crippen molar-refractivity contribution in [3.8, 4) is 0 Å². The molecule has 0 radical (unpaired) electrons. The Morgan fingerprint density at radius 1 is 0.654 bits per heavy atom. The molecule has 0 spiro atoms. The fourth-order valence-electron chi connectivity index (χ4n) is 6.25. The number of hydrogen-bond acceptors (Lipinski definition) is 10. The fraction of sp³-hybridized carbons (Fsp3) is 0.410. The molecular formula is C39H46N3O9P. The van der Waals surface area contributed by atoms with Crippen molar-refractivity contribution in [3.05, 3.63) is 107 Å². The van der Waals surface area contributed by atoms with E-state index >= 15 is 4.57 Å². The number of carbonyl (C=O) groups is 5. The van der Waals surface area contributed by atoms with Crippen LogP contribution in [0.2, 0.25) is 0 Å². The molecule has 1 atom stereocenters. The number of ether oxygens (including phenoxy) is 1. The first-order valence-electron chi connectivity index (χ1n) is 17.3. The lowest BCUT2D eigenvalue weighted by Gasteiger charge is -2.41. The summed E-state index contributed by atoms with van der Waals surface area (Å²) in [6.07, 6.45) is -0.250. The maximum Gasteiger partial charge on any atom is 0.348 e. The van der Waals surface area contributed by atoms with Crippen molar-refractivity contribution in [2.24, 2.45) is 0 Å². The molecule has 3 aromatic carbocycles. The molecule has 3 aromatic rings. The van der Waals surface area contributed by atoms with E-state index in [0.29, 0.717) is 0 Å². The van der Waals surface area contributed by atoms with E-state index in [1.165, 1.54) is 0 Å². The van der Waals surface area contributed by atoms with Gasteiger partial charge in [0.2, 0.25) is 0 Å². The second-order valence-corrected chi connectivity index (χ2v) is 16.8. The van der Waals surface area contributed by atoms with Crippen molar-refractivity contribution >= 4 is 37.2 Å². The normalized spacial score (nSPS) is 15.4. The first kappa shape index (κ1) is 38.7. The molecule has 276 valence electrons. The first-order chi connectivity index (χ1) is 24.5. The van der Waals surface area contributed by atoms with E-state index < -0.39 is 54.2 Å². The SMILES string of the molecule is CC(C)(C)OP(=O)(OC(C)(C)C)C(CCC(=O)OCc1ccccc1)N(CCN1C(=O)c2ccccc2C1=O)CCN1C(=O)c2ccccc2C1=O. The van der Waals surface area contributed by atoms with Crippen molar-refractivity contribution in [3.63, 3.8) is 0 Å². The summed E-state index contributed by atoms with van der Waals surface area (Å²) in [4.78, 5) is 70.6. The molecule has 0 aromatic heterocycles. The maximum atomic E-state index is 15.3. The quantitative estimate of drug-likeness (QED) is 0.0960. The molecule has 4 amide bonds. The minimum absolute atomic E-state index is 0.0383. The Hall–Kier alpha value is -4.48. The molecule has 0 bridgehead atoms. The predicted molar refractivity (Wildman–Crippen MR) is 194 cm³/mol. The molecule has 2 aliphatic rings. The zero-order valence-electron chi connectivity index (χ0n) is 30.5. The number of imide groups is 2. The van der Waals surface area contributed by atoms with Gasteiger partial charge in [-0.25, -0.2) is 0 Å². The fourth-order valence-corrected chi connectivity index (χ4v) is 9.14. The van der Waals surface area contributed by atoms with E-state index in [4.69, 9.17) is 13.8 Å². The zero-order valence-corrected chi connectivity index (χ0v) is 31.4. The summed E-state index contributed by atoms with van der Waals surface area (Å²) in [6, 6.07) is 22.3. The molecule has 0 saturated carbocycles. The molecule has 2 aliphatic heterocycles. The van der Waals surface area contributed by atoms with Crippen LogP contribution in [0.25, 0.3) is 0 Å². The van der Waals surface area contributed by atoms with Gasteiger partial charge in [0.05, 0.1) is 33.5 Å². The van der Waals surface area contributed by atoms with E-state index in [1.807, 2.05) is 30.3 Å². The van der Waals surface area contributed by atoms with Crippen molar-refractivity contribution in [2.45, 2.75) is 78.0 Å². The molecule has 0 N–H and O–H groups in total. The van der Waals surface area contributed by atoms with E-state index in [-0.39, 0.29) is 67.9 Å². The summed E-state index contributed by atoms with van der Waals surface area (Å²) in [5, 5.41) is 0. The van der Waals surface area contributed by atoms with Gasteiger partial charge < -0.3 is 13.8 Å². The molecule has 0 fully saturated rings. The van der Waals surface area contributed by atoms with Crippen LogP contribution in [0.5, 0.6) is 0 Å². The summed E-state index contributed by atoms with van der Waals surface area (Å²) in [7, 11) is -4.22. The average Bonchev–Trinajstić information content (AvgIpc) is 3.47. The van der Waals surface area contributed by atoms with Gasteiger partial charge in [0, 0.05) is 32.6 Å². The highest BCUT2D eigenvalue weighted by Crippen LogP contribution is 2.60. The van der Waals surface area contributed by atoms with Crippen LogP contribution in [0, 0.1) is 0 Å². The lowest BCUT2D eigenvalue weighted by atomic mass is 10.1. The highest BCUT2D eigenvalue weighted by molar-refractivity contribution is 7.54. The number of nitrogens with zero attached hydrogens (tertiary/aromatic N) is 3. The smallest absolute Gasteiger partial charge is 0.348 e. The standard InChI is InChI=1S/C39H46N3O9P/c1-38(2,3)50-52(48,51-39(4,5)6)32(20-21-33(43)49-26-27-14-8-7-9-15-27)40(22-24-41-34(44)28-16-10-11-17-29(28)35(41)45)23-25-42-36(46)30-18-12-13-19-31(30)37(42)47/h7-19,32H,20-26H2,1-6H3. The Morgan fingerprint density at radius 3 is 1.42 bits per heavy atom. The summed E-state index contributed by atoms with van der Waals surface area (Å²) in [5.74, 6) is -3.55. The van der Waals surface area contributed by atoms with Crippen LogP contribution in [-0.2, 0) is 29.8 Å². The lowest BCUT2D eigenvalue weighted by molar-refractivity contribution is -0.145. The largest absolute Gasteiger partial charge is 0.461 e. The number of esters is 1. The molecular weight excluding hydrogens is 685 g/mol. The van der Waals surface area contributed by atoms with E-state index in [9.17, 15) is 24.0 Å². The van der Waals surface area contributed by atoms with Crippen molar-refractivity contribution in [2.75, 3.05) is 26.2 Å². The number of hydrogen-bond donors (Lipinski definition) is 0. The summed E-state index contributed by atoms with van der Waals surface area (Å²) >= 11 is 0. The van der Waals surface area contributed by atoms with Gasteiger partial charge in [-0.2, -0.15) is 0 Å². The lowest BCUT2D eigenvalue weighted by Crippen LogP contribution is -2.48. The van der Waals surface area contributed by atoms with Gasteiger partial charge in [-0.05, 0) is 77.8 Å². The number of fused-ring (bicyclic) bond motifs is 2. The molecule has 12 nitrogen and oxygen atoms in total. The number of benzene rings is 3. The molecule has 0 saturated heterocycles. The molecule has 13 heteroatoms. The minimum atomic E-state index is -4.22. The monoisotopic (exact) mass is 731 g/mol. The number of carbonyl (C=O) groups excluding carboxylic acids is 5. The molecule has 1 unspecified atom stereocenters. The Labute approximate surface area is 304 Å². The van der Waals surface area contributed by atoms with Gasteiger partial charge in [0.15, 0.2) is 0 Å². The zero-order chi connectivity index (χ0) is 37.8.